The quantitative estimate of drug-likeness (QED) is 0.625. The predicted octanol–water partition coefficient (Wildman–Crippen LogP) is 2.95. The zero-order valence-electron chi connectivity index (χ0n) is 15.2. The van der Waals surface area contributed by atoms with Crippen LogP contribution >= 0.6 is 0 Å². The number of hydrogen-bond donors (Lipinski definition) is 2. The number of rotatable bonds is 5. The van der Waals surface area contributed by atoms with E-state index in [0.29, 0.717) is 22.5 Å². The molecular weight excluding hydrogens is 346 g/mol. The molecular formula is C20H19N3O4. The van der Waals surface area contributed by atoms with Gasteiger partial charge in [-0.3, -0.25) is 9.59 Å². The molecule has 0 atom stereocenters. The van der Waals surface area contributed by atoms with Crippen molar-refractivity contribution in [3.63, 3.8) is 0 Å². The van der Waals surface area contributed by atoms with E-state index in [9.17, 15) is 14.4 Å². The van der Waals surface area contributed by atoms with Gasteiger partial charge in [-0.15, -0.1) is 0 Å². The zero-order valence-corrected chi connectivity index (χ0v) is 15.2. The zero-order chi connectivity index (χ0) is 20.0. The van der Waals surface area contributed by atoms with Crippen molar-refractivity contribution in [1.82, 2.24) is 0 Å². The Hall–Kier alpha value is -3.66. The first-order valence-electron chi connectivity index (χ1n) is 8.09. The highest BCUT2D eigenvalue weighted by atomic mass is 16.5. The predicted molar refractivity (Wildman–Crippen MR) is 100.0 cm³/mol. The van der Waals surface area contributed by atoms with E-state index in [4.69, 9.17) is 5.26 Å². The lowest BCUT2D eigenvalue weighted by Crippen LogP contribution is -2.41. The average molecular weight is 365 g/mol. The van der Waals surface area contributed by atoms with Gasteiger partial charge in [-0.1, -0.05) is 0 Å². The number of carbonyl (C=O) groups excluding carboxylic acids is 3. The van der Waals surface area contributed by atoms with Gasteiger partial charge in [0.25, 0.3) is 0 Å². The van der Waals surface area contributed by atoms with Crippen molar-refractivity contribution in [3.05, 3.63) is 59.7 Å². The summed E-state index contributed by atoms with van der Waals surface area (Å²) < 4.78 is 4.62. The van der Waals surface area contributed by atoms with Crippen molar-refractivity contribution in [2.24, 2.45) is 5.41 Å². The van der Waals surface area contributed by atoms with Gasteiger partial charge in [-0.2, -0.15) is 5.26 Å². The van der Waals surface area contributed by atoms with E-state index in [0.717, 1.165) is 0 Å². The average Bonchev–Trinajstić information content (AvgIpc) is 2.68. The van der Waals surface area contributed by atoms with Crippen LogP contribution in [-0.4, -0.2) is 24.9 Å². The van der Waals surface area contributed by atoms with Gasteiger partial charge >= 0.3 is 5.97 Å². The van der Waals surface area contributed by atoms with Gasteiger partial charge in [0.2, 0.25) is 11.8 Å². The van der Waals surface area contributed by atoms with E-state index in [1.807, 2.05) is 6.07 Å². The number of hydrogen-bond acceptors (Lipinski definition) is 5. The summed E-state index contributed by atoms with van der Waals surface area (Å²) in [6.07, 6.45) is 0. The first-order valence-corrected chi connectivity index (χ1v) is 8.09. The first-order chi connectivity index (χ1) is 12.8. The molecule has 0 saturated carbocycles. The third kappa shape index (κ3) is 4.70. The molecule has 0 spiro atoms. The van der Waals surface area contributed by atoms with E-state index in [-0.39, 0.29) is 0 Å². The summed E-state index contributed by atoms with van der Waals surface area (Å²) in [6, 6.07) is 14.5. The molecule has 0 fully saturated rings. The maximum absolute atomic E-state index is 12.5. The Balaban J connectivity index is 2.05. The summed E-state index contributed by atoms with van der Waals surface area (Å²) in [4.78, 5) is 36.5. The molecule has 27 heavy (non-hydrogen) atoms. The summed E-state index contributed by atoms with van der Waals surface area (Å²) in [7, 11) is 1.28. The van der Waals surface area contributed by atoms with Crippen LogP contribution < -0.4 is 10.6 Å². The fourth-order valence-electron chi connectivity index (χ4n) is 2.11. The molecule has 0 radical (unpaired) electrons. The van der Waals surface area contributed by atoms with Gasteiger partial charge < -0.3 is 15.4 Å². The van der Waals surface area contributed by atoms with Gasteiger partial charge in [0.1, 0.15) is 5.41 Å². The van der Waals surface area contributed by atoms with Crippen LogP contribution in [0.25, 0.3) is 0 Å². The topological polar surface area (TPSA) is 108 Å². The molecule has 0 bridgehead atoms. The van der Waals surface area contributed by atoms with Crippen molar-refractivity contribution < 1.29 is 19.1 Å². The SMILES string of the molecule is COC(=O)c1ccc(NC(=O)C(C)(C)C(=O)Nc2ccc(C#N)cc2)cc1. The first kappa shape index (κ1) is 19.7. The normalized spacial score (nSPS) is 10.4. The van der Waals surface area contributed by atoms with Gasteiger partial charge in [0.15, 0.2) is 0 Å². The molecule has 2 aromatic rings. The fourth-order valence-corrected chi connectivity index (χ4v) is 2.11. The minimum atomic E-state index is -1.35. The Morgan fingerprint density at radius 3 is 1.74 bits per heavy atom. The number of nitrogens with one attached hydrogen (secondary N) is 2. The second-order valence-electron chi connectivity index (χ2n) is 6.29. The van der Waals surface area contributed by atoms with Crippen LogP contribution in [0.3, 0.4) is 0 Å². The largest absolute Gasteiger partial charge is 0.465 e. The highest BCUT2D eigenvalue weighted by Gasteiger charge is 2.36. The van der Waals surface area contributed by atoms with E-state index in [1.54, 1.807) is 36.4 Å². The van der Waals surface area contributed by atoms with Crippen LogP contribution in [0.15, 0.2) is 48.5 Å². The molecule has 7 nitrogen and oxygen atoms in total. The van der Waals surface area contributed by atoms with E-state index in [2.05, 4.69) is 15.4 Å². The van der Waals surface area contributed by atoms with Crippen LogP contribution in [0, 0.1) is 16.7 Å². The molecule has 0 heterocycles. The highest BCUT2D eigenvalue weighted by molar-refractivity contribution is 6.14. The Labute approximate surface area is 156 Å². The van der Waals surface area contributed by atoms with Crippen LogP contribution in [0.1, 0.15) is 29.8 Å². The van der Waals surface area contributed by atoms with Gasteiger partial charge in [0, 0.05) is 11.4 Å². The van der Waals surface area contributed by atoms with Crippen molar-refractivity contribution in [1.29, 1.82) is 5.26 Å². The van der Waals surface area contributed by atoms with Gasteiger partial charge in [0.05, 0.1) is 24.3 Å². The highest BCUT2D eigenvalue weighted by Crippen LogP contribution is 2.22. The molecule has 0 aliphatic carbocycles. The number of methoxy groups -OCH3 is 1. The number of benzene rings is 2. The van der Waals surface area contributed by atoms with Crippen LogP contribution in [-0.2, 0) is 14.3 Å². The molecule has 7 heteroatoms. The van der Waals surface area contributed by atoms with Crippen molar-refractivity contribution in [2.45, 2.75) is 13.8 Å². The summed E-state index contributed by atoms with van der Waals surface area (Å²) in [5.41, 5.74) is 0.414. The summed E-state index contributed by atoms with van der Waals surface area (Å²) in [5, 5.41) is 14.1. The van der Waals surface area contributed by atoms with Gasteiger partial charge in [-0.05, 0) is 62.4 Å². The Morgan fingerprint density at radius 2 is 1.33 bits per heavy atom. The monoisotopic (exact) mass is 365 g/mol. The minimum absolute atomic E-state index is 0.355. The Morgan fingerprint density at radius 1 is 0.889 bits per heavy atom. The van der Waals surface area contributed by atoms with Crippen LogP contribution in [0.2, 0.25) is 0 Å². The second-order valence-corrected chi connectivity index (χ2v) is 6.29. The van der Waals surface area contributed by atoms with Gasteiger partial charge in [-0.25, -0.2) is 4.79 Å². The minimum Gasteiger partial charge on any atom is -0.465 e. The molecule has 0 aliphatic heterocycles. The van der Waals surface area contributed by atoms with Crippen molar-refractivity contribution in [3.8, 4) is 6.07 Å². The lowest BCUT2D eigenvalue weighted by Gasteiger charge is -2.22. The molecule has 0 saturated heterocycles. The molecule has 0 aliphatic rings. The molecule has 2 rings (SSSR count). The number of nitrogens with zero attached hydrogens (tertiary/aromatic N) is 1. The lowest BCUT2D eigenvalue weighted by molar-refractivity contribution is -0.135. The van der Waals surface area contributed by atoms with E-state index < -0.39 is 23.2 Å². The Kier molecular flexibility index (Phi) is 5.93. The number of esters is 1. The van der Waals surface area contributed by atoms with Crippen molar-refractivity contribution >= 4 is 29.2 Å². The number of ether oxygens (including phenoxy) is 1. The third-order valence-corrected chi connectivity index (χ3v) is 3.97. The molecule has 2 aromatic carbocycles. The second kappa shape index (κ2) is 8.15. The number of nitriles is 1. The maximum Gasteiger partial charge on any atom is 0.337 e. The standard InChI is InChI=1S/C20H19N3O4/c1-20(2,18(25)22-15-8-4-13(12-21)5-9-15)19(26)23-16-10-6-14(7-11-16)17(24)27-3/h4-11H,1-3H3,(H,22,25)(H,23,26). The summed E-state index contributed by atoms with van der Waals surface area (Å²) in [6.45, 7) is 3.01. The van der Waals surface area contributed by atoms with Crippen LogP contribution in [0.4, 0.5) is 11.4 Å². The van der Waals surface area contributed by atoms with Crippen LogP contribution in [0.5, 0.6) is 0 Å². The van der Waals surface area contributed by atoms with E-state index >= 15 is 0 Å². The number of carbonyl (C=O) groups is 3. The molecule has 138 valence electrons. The molecule has 2 amide bonds. The smallest absolute Gasteiger partial charge is 0.337 e. The molecule has 0 aromatic heterocycles. The van der Waals surface area contributed by atoms with E-state index in [1.165, 1.54) is 33.1 Å². The molecule has 2 N–H and O–H groups in total. The molecule has 0 unspecified atom stereocenters. The third-order valence-electron chi connectivity index (χ3n) is 3.97. The number of amides is 2. The number of anilines is 2. The maximum atomic E-state index is 12.5. The Bertz CT molecular complexity index is 894. The lowest BCUT2D eigenvalue weighted by atomic mass is 9.90. The fraction of sp³-hybridized carbons (Fsp3) is 0.200. The summed E-state index contributed by atoms with van der Waals surface area (Å²) >= 11 is 0. The van der Waals surface area contributed by atoms with Crippen molar-refractivity contribution in [2.75, 3.05) is 17.7 Å². The summed E-state index contributed by atoms with van der Waals surface area (Å²) in [5.74, 6) is -1.47.